The standard InChI is InChI=1S/C21H24Br2N10O14P2/c1-41-49(40)43-3-5-10(8(34)16(45-5)32-12-6(26-18(32)22)14(36)30-20(24)28-12)46-48(38,39)42-2-4-11(47-49)9(35)17(44-4)33-13-7(27-19(33)23)15(37)31-21(25)29-13/h4-5,8-11,16-17,34-35H,2-3H2,1H3,(H,38,39)(H3,24,28,30,36)(H3,25,29,31,37)/t4-,5-,8?,9?,10?,11?,16-,17-,49?/m1/s1. The summed E-state index contributed by atoms with van der Waals surface area (Å²) in [5.74, 6) is -0.559. The molecular weight excluding hydrogens is 838 g/mol. The summed E-state index contributed by atoms with van der Waals surface area (Å²) in [5, 5.41) is 22.7. The smallest absolute Gasteiger partial charge is 0.386 e. The Morgan fingerprint density at radius 2 is 1.27 bits per heavy atom. The van der Waals surface area contributed by atoms with E-state index in [0.29, 0.717) is 0 Å². The van der Waals surface area contributed by atoms with Crippen molar-refractivity contribution in [1.82, 2.24) is 39.0 Å². The molecule has 7 rings (SSSR count). The van der Waals surface area contributed by atoms with Gasteiger partial charge in [0.15, 0.2) is 44.3 Å². The van der Waals surface area contributed by atoms with Crippen LogP contribution in [0.25, 0.3) is 22.3 Å². The zero-order chi connectivity index (χ0) is 35.2. The number of nitrogens with zero attached hydrogens (tertiary/aromatic N) is 6. The summed E-state index contributed by atoms with van der Waals surface area (Å²) in [5.41, 5.74) is 9.39. The monoisotopic (exact) mass is 860 g/mol. The summed E-state index contributed by atoms with van der Waals surface area (Å²) in [4.78, 5) is 56.4. The van der Waals surface area contributed by atoms with Crippen molar-refractivity contribution in [2.24, 2.45) is 0 Å². The average Bonchev–Trinajstić information content (AvgIpc) is 3.72. The third kappa shape index (κ3) is 6.08. The Morgan fingerprint density at radius 3 is 1.73 bits per heavy atom. The van der Waals surface area contributed by atoms with E-state index in [1.165, 1.54) is 0 Å². The number of imidazole rings is 2. The maximum absolute atomic E-state index is 13.8. The minimum absolute atomic E-state index is 0.0379. The molecule has 9 N–H and O–H groups in total. The quantitative estimate of drug-likeness (QED) is 0.0972. The molecular formula is C21H24Br2N10O14P2. The number of hydrogen-bond donors (Lipinski definition) is 7. The highest BCUT2D eigenvalue weighted by molar-refractivity contribution is 9.10. The van der Waals surface area contributed by atoms with Crippen molar-refractivity contribution in [3.8, 4) is 0 Å². The van der Waals surface area contributed by atoms with Crippen molar-refractivity contribution in [1.29, 1.82) is 0 Å². The fourth-order valence-electron chi connectivity index (χ4n) is 5.59. The molecule has 0 spiro atoms. The summed E-state index contributed by atoms with van der Waals surface area (Å²) in [7, 11) is -8.78. The fraction of sp³-hybridized carbons (Fsp3) is 0.524. The molecule has 0 bridgehead atoms. The number of anilines is 2. The second kappa shape index (κ2) is 12.5. The molecule has 3 saturated heterocycles. The Labute approximate surface area is 287 Å². The number of nitrogen functional groups attached to an aromatic ring is 2. The summed E-state index contributed by atoms with van der Waals surface area (Å²) < 4.78 is 67.8. The molecule has 4 aromatic rings. The van der Waals surface area contributed by atoms with E-state index in [4.69, 9.17) is 43.6 Å². The van der Waals surface area contributed by atoms with Crippen molar-refractivity contribution >= 4 is 81.7 Å². The van der Waals surface area contributed by atoms with E-state index in [1.54, 1.807) is 0 Å². The first-order chi connectivity index (χ1) is 23.1. The van der Waals surface area contributed by atoms with Gasteiger partial charge in [0.05, 0.1) is 13.2 Å². The molecule has 3 fully saturated rings. The number of ether oxygens (including phenoxy) is 2. The van der Waals surface area contributed by atoms with E-state index in [1.807, 2.05) is 0 Å². The number of phosphoric ester groups is 2. The number of H-pyrrole nitrogens is 2. The Hall–Kier alpha value is -2.68. The molecule has 7 heterocycles. The van der Waals surface area contributed by atoms with Crippen LogP contribution in [0.1, 0.15) is 12.5 Å². The van der Waals surface area contributed by atoms with Gasteiger partial charge in [-0.25, -0.2) is 19.1 Å². The highest BCUT2D eigenvalue weighted by Crippen LogP contribution is 2.56. The number of halogens is 2. The van der Waals surface area contributed by atoms with Crippen molar-refractivity contribution < 1.29 is 56.3 Å². The van der Waals surface area contributed by atoms with Crippen LogP contribution in [0.3, 0.4) is 0 Å². The molecule has 0 amide bonds. The number of nitrogens with one attached hydrogen (secondary N) is 2. The zero-order valence-electron chi connectivity index (χ0n) is 24.4. The fourth-order valence-corrected chi connectivity index (χ4v) is 8.78. The molecule has 28 heteroatoms. The Kier molecular flexibility index (Phi) is 8.88. The van der Waals surface area contributed by atoms with Crippen LogP contribution in [0, 0.1) is 0 Å². The van der Waals surface area contributed by atoms with Gasteiger partial charge in [-0.15, -0.1) is 0 Å². The summed E-state index contributed by atoms with van der Waals surface area (Å²) >= 11 is 6.36. The highest BCUT2D eigenvalue weighted by atomic mass is 79.9. The van der Waals surface area contributed by atoms with E-state index in [0.717, 1.165) is 16.2 Å². The van der Waals surface area contributed by atoms with E-state index >= 15 is 0 Å². The Morgan fingerprint density at radius 1 is 0.816 bits per heavy atom. The lowest BCUT2D eigenvalue weighted by Crippen LogP contribution is -2.39. The van der Waals surface area contributed by atoms with Crippen LogP contribution in [0.4, 0.5) is 11.9 Å². The first-order valence-electron chi connectivity index (χ1n) is 13.8. The SMILES string of the molecule is COP1(=O)OC[C@H]2O[C@@H](n3c(Br)nc4c(=O)[nH]c(N)nc43)C(O)C2OP(=O)(O)OC[C@H]2O[C@@H](n3c(Br)nc4c(=O)[nH]c(N)nc43)C(O)C2O1. The molecule has 3 aliphatic heterocycles. The number of aliphatic hydroxyl groups excluding tert-OH is 2. The molecule has 6 unspecified atom stereocenters. The number of aromatic amines is 2. The van der Waals surface area contributed by atoms with Gasteiger partial charge in [0.25, 0.3) is 11.1 Å². The molecule has 0 radical (unpaired) electrons. The molecule has 0 aliphatic carbocycles. The van der Waals surface area contributed by atoms with E-state index in [2.05, 4.69) is 61.8 Å². The molecule has 49 heavy (non-hydrogen) atoms. The van der Waals surface area contributed by atoms with Gasteiger partial charge in [0, 0.05) is 7.11 Å². The minimum atomic E-state index is -5.12. The van der Waals surface area contributed by atoms with Crippen LogP contribution in [0.2, 0.25) is 0 Å². The van der Waals surface area contributed by atoms with Gasteiger partial charge in [0.1, 0.15) is 36.6 Å². The van der Waals surface area contributed by atoms with Gasteiger partial charge in [-0.2, -0.15) is 9.97 Å². The van der Waals surface area contributed by atoms with E-state index in [9.17, 15) is 33.8 Å². The molecule has 4 aromatic heterocycles. The first-order valence-corrected chi connectivity index (χ1v) is 18.3. The summed E-state index contributed by atoms with van der Waals surface area (Å²) in [6.45, 7) is -1.59. The zero-order valence-corrected chi connectivity index (χ0v) is 29.3. The van der Waals surface area contributed by atoms with Crippen molar-refractivity contribution in [2.75, 3.05) is 31.8 Å². The third-order valence-electron chi connectivity index (χ3n) is 7.71. The van der Waals surface area contributed by atoms with Crippen LogP contribution in [0.5, 0.6) is 0 Å². The van der Waals surface area contributed by atoms with Gasteiger partial charge in [-0.3, -0.25) is 51.3 Å². The normalized spacial score (nSPS) is 35.6. The molecule has 266 valence electrons. The Balaban J connectivity index is 1.21. The average molecular weight is 862 g/mol. The largest absolute Gasteiger partial charge is 0.475 e. The number of phosphoric acid groups is 2. The highest BCUT2D eigenvalue weighted by Gasteiger charge is 2.54. The van der Waals surface area contributed by atoms with Crippen LogP contribution in [-0.2, 0) is 41.2 Å². The number of hydrogen-bond acceptors (Lipinski definition) is 19. The van der Waals surface area contributed by atoms with Crippen LogP contribution < -0.4 is 22.6 Å². The second-order valence-electron chi connectivity index (χ2n) is 10.7. The van der Waals surface area contributed by atoms with Gasteiger partial charge >= 0.3 is 15.6 Å². The molecule has 24 nitrogen and oxygen atoms in total. The van der Waals surface area contributed by atoms with Gasteiger partial charge in [0.2, 0.25) is 11.9 Å². The Bertz CT molecular complexity index is 2180. The number of aromatic nitrogens is 8. The maximum atomic E-state index is 13.8. The lowest BCUT2D eigenvalue weighted by molar-refractivity contribution is -0.0679. The molecule has 10 atom stereocenters. The number of rotatable bonds is 3. The predicted octanol–water partition coefficient (Wildman–Crippen LogP) is -0.869. The number of nitrogens with two attached hydrogens (primary N) is 2. The summed E-state index contributed by atoms with van der Waals surface area (Å²) in [6, 6.07) is 0. The van der Waals surface area contributed by atoms with Gasteiger partial charge < -0.3 is 36.0 Å². The molecule has 0 aromatic carbocycles. The van der Waals surface area contributed by atoms with Gasteiger partial charge in [-0.05, 0) is 31.9 Å². The molecule has 0 saturated carbocycles. The van der Waals surface area contributed by atoms with Crippen molar-refractivity contribution in [3.63, 3.8) is 0 Å². The number of aliphatic hydroxyl groups is 2. The predicted molar refractivity (Wildman–Crippen MR) is 166 cm³/mol. The van der Waals surface area contributed by atoms with Crippen molar-refractivity contribution in [2.45, 2.75) is 49.1 Å². The lowest BCUT2D eigenvalue weighted by atomic mass is 10.1. The molecule has 3 aliphatic rings. The first kappa shape index (κ1) is 34.8. The van der Waals surface area contributed by atoms with Crippen LogP contribution in [-0.4, -0.2) is 111 Å². The van der Waals surface area contributed by atoms with Gasteiger partial charge in [-0.1, -0.05) is 0 Å². The summed E-state index contributed by atoms with van der Waals surface area (Å²) in [6.07, 6.45) is -12.8. The third-order valence-corrected chi connectivity index (χ3v) is 11.2. The topological polar surface area (TPSA) is 339 Å². The lowest BCUT2D eigenvalue weighted by Gasteiger charge is -2.28. The van der Waals surface area contributed by atoms with E-state index in [-0.39, 0.29) is 43.7 Å². The maximum Gasteiger partial charge on any atom is 0.475 e. The second-order valence-corrected chi connectivity index (χ2v) is 15.2. The van der Waals surface area contributed by atoms with Crippen LogP contribution in [0.15, 0.2) is 19.1 Å². The minimum Gasteiger partial charge on any atom is -0.386 e. The number of fused-ring (bicyclic) bond motifs is 4. The van der Waals surface area contributed by atoms with Crippen LogP contribution >= 0.6 is 47.5 Å². The van der Waals surface area contributed by atoms with Crippen molar-refractivity contribution in [3.05, 3.63) is 30.2 Å². The van der Waals surface area contributed by atoms with E-state index < -0.39 is 89.1 Å².